The zero-order valence-corrected chi connectivity index (χ0v) is 8.93. The lowest BCUT2D eigenvalue weighted by Crippen LogP contribution is -2.40. The average molecular weight is 195 g/mol. The Morgan fingerprint density at radius 1 is 1.00 bits per heavy atom. The van der Waals surface area contributed by atoms with Crippen LogP contribution in [0, 0.1) is 5.92 Å². The lowest BCUT2D eigenvalue weighted by Gasteiger charge is -2.28. The van der Waals surface area contributed by atoms with Gasteiger partial charge in [0.1, 0.15) is 5.78 Å². The van der Waals surface area contributed by atoms with Crippen LogP contribution >= 0.6 is 0 Å². The number of carbonyl (C=O) groups is 1. The van der Waals surface area contributed by atoms with Crippen LogP contribution in [0.15, 0.2) is 0 Å². The molecule has 2 aliphatic rings. The fraction of sp³-hybridized carbons (Fsp3) is 0.917. The molecule has 0 aromatic rings. The Bertz CT molecular complexity index is 194. The van der Waals surface area contributed by atoms with Gasteiger partial charge in [-0.1, -0.05) is 19.3 Å². The van der Waals surface area contributed by atoms with E-state index in [1.807, 2.05) is 0 Å². The van der Waals surface area contributed by atoms with Gasteiger partial charge in [-0.3, -0.25) is 4.79 Å². The minimum Gasteiger partial charge on any atom is -0.313 e. The Kier molecular flexibility index (Phi) is 3.57. The van der Waals surface area contributed by atoms with Crippen molar-refractivity contribution < 1.29 is 4.79 Å². The number of rotatable bonds is 1. The summed E-state index contributed by atoms with van der Waals surface area (Å²) in [6.07, 6.45) is 9.51. The Labute approximate surface area is 86.5 Å². The maximum atomic E-state index is 11.8. The normalized spacial score (nSPS) is 35.3. The van der Waals surface area contributed by atoms with Crippen LogP contribution in [0.2, 0.25) is 0 Å². The molecule has 14 heavy (non-hydrogen) atoms. The standard InChI is InChI=1S/C12H21NO/c14-12-8-4-3-6-10(12)11-7-2-1-5-9-13-11/h10-11,13H,1-9H2. The third kappa shape index (κ3) is 2.35. The molecule has 1 saturated heterocycles. The molecule has 2 fully saturated rings. The van der Waals surface area contributed by atoms with Crippen LogP contribution in [-0.2, 0) is 4.79 Å². The Morgan fingerprint density at radius 3 is 2.71 bits per heavy atom. The molecule has 1 aliphatic heterocycles. The molecular formula is C12H21NO. The first kappa shape index (κ1) is 10.2. The van der Waals surface area contributed by atoms with Crippen LogP contribution in [0.3, 0.4) is 0 Å². The van der Waals surface area contributed by atoms with Crippen LogP contribution in [0.4, 0.5) is 0 Å². The third-order valence-corrected chi connectivity index (χ3v) is 3.69. The highest BCUT2D eigenvalue weighted by Crippen LogP contribution is 2.27. The Morgan fingerprint density at radius 2 is 1.86 bits per heavy atom. The molecule has 1 saturated carbocycles. The monoisotopic (exact) mass is 195 g/mol. The topological polar surface area (TPSA) is 29.1 Å². The second kappa shape index (κ2) is 4.92. The van der Waals surface area contributed by atoms with Gasteiger partial charge in [-0.15, -0.1) is 0 Å². The van der Waals surface area contributed by atoms with Crippen molar-refractivity contribution in [2.75, 3.05) is 6.54 Å². The molecule has 0 bridgehead atoms. The fourth-order valence-electron chi connectivity index (χ4n) is 2.83. The lowest BCUT2D eigenvalue weighted by molar-refractivity contribution is -0.125. The molecule has 2 rings (SSSR count). The molecule has 0 radical (unpaired) electrons. The van der Waals surface area contributed by atoms with Gasteiger partial charge in [-0.05, 0) is 32.2 Å². The van der Waals surface area contributed by atoms with E-state index >= 15 is 0 Å². The molecule has 2 heteroatoms. The maximum Gasteiger partial charge on any atom is 0.137 e. The number of carbonyl (C=O) groups excluding carboxylic acids is 1. The fourth-order valence-corrected chi connectivity index (χ4v) is 2.83. The SMILES string of the molecule is O=C1CCCCC1C1CCCCCN1. The van der Waals surface area contributed by atoms with Crippen molar-refractivity contribution in [2.24, 2.45) is 5.92 Å². The quantitative estimate of drug-likeness (QED) is 0.695. The van der Waals surface area contributed by atoms with Crippen molar-refractivity contribution in [3.05, 3.63) is 0 Å². The number of hydrogen-bond acceptors (Lipinski definition) is 2. The summed E-state index contributed by atoms with van der Waals surface area (Å²) in [5.41, 5.74) is 0. The van der Waals surface area contributed by atoms with Crippen LogP contribution in [0.25, 0.3) is 0 Å². The van der Waals surface area contributed by atoms with Crippen LogP contribution < -0.4 is 5.32 Å². The largest absolute Gasteiger partial charge is 0.313 e. The minimum atomic E-state index is 0.349. The van der Waals surface area contributed by atoms with Gasteiger partial charge in [-0.25, -0.2) is 0 Å². The first-order valence-electron chi connectivity index (χ1n) is 6.14. The van der Waals surface area contributed by atoms with Gasteiger partial charge in [-0.2, -0.15) is 0 Å². The highest BCUT2D eigenvalue weighted by Gasteiger charge is 2.29. The van der Waals surface area contributed by atoms with E-state index in [9.17, 15) is 4.79 Å². The van der Waals surface area contributed by atoms with Gasteiger partial charge in [0.05, 0.1) is 0 Å². The van der Waals surface area contributed by atoms with Gasteiger partial charge in [0.15, 0.2) is 0 Å². The van der Waals surface area contributed by atoms with Crippen molar-refractivity contribution >= 4 is 5.78 Å². The van der Waals surface area contributed by atoms with E-state index in [0.717, 1.165) is 25.8 Å². The molecular weight excluding hydrogens is 174 g/mol. The Hall–Kier alpha value is -0.370. The molecule has 2 unspecified atom stereocenters. The first-order valence-corrected chi connectivity index (χ1v) is 6.14. The van der Waals surface area contributed by atoms with E-state index in [4.69, 9.17) is 0 Å². The Balaban J connectivity index is 1.93. The van der Waals surface area contributed by atoms with Crippen LogP contribution in [0.1, 0.15) is 51.4 Å². The number of ketones is 1. The number of Topliss-reactive ketones (excluding diaryl/α,β-unsaturated/α-hetero) is 1. The van der Waals surface area contributed by atoms with Crippen molar-refractivity contribution in [3.63, 3.8) is 0 Å². The maximum absolute atomic E-state index is 11.8. The second-order valence-corrected chi connectivity index (χ2v) is 4.73. The third-order valence-electron chi connectivity index (χ3n) is 3.69. The van der Waals surface area contributed by atoms with Crippen molar-refractivity contribution in [1.82, 2.24) is 5.32 Å². The molecule has 80 valence electrons. The molecule has 1 aliphatic carbocycles. The predicted octanol–water partition coefficient (Wildman–Crippen LogP) is 2.28. The molecule has 1 N–H and O–H groups in total. The van der Waals surface area contributed by atoms with E-state index in [2.05, 4.69) is 5.32 Å². The molecule has 2 nitrogen and oxygen atoms in total. The summed E-state index contributed by atoms with van der Waals surface area (Å²) in [6, 6.07) is 0.505. The van der Waals surface area contributed by atoms with Crippen molar-refractivity contribution in [2.45, 2.75) is 57.4 Å². The summed E-state index contributed by atoms with van der Waals surface area (Å²) in [5, 5.41) is 3.56. The summed E-state index contributed by atoms with van der Waals surface area (Å²) < 4.78 is 0. The molecule has 0 amide bonds. The number of nitrogens with one attached hydrogen (secondary N) is 1. The summed E-state index contributed by atoms with van der Waals surface area (Å²) in [6.45, 7) is 1.12. The average Bonchev–Trinajstić information content (AvgIpc) is 2.47. The molecule has 0 aromatic carbocycles. The zero-order chi connectivity index (χ0) is 9.80. The van der Waals surface area contributed by atoms with E-state index < -0.39 is 0 Å². The van der Waals surface area contributed by atoms with E-state index in [-0.39, 0.29) is 0 Å². The van der Waals surface area contributed by atoms with E-state index in [1.54, 1.807) is 0 Å². The van der Waals surface area contributed by atoms with Gasteiger partial charge in [0.2, 0.25) is 0 Å². The van der Waals surface area contributed by atoms with E-state index in [0.29, 0.717) is 17.7 Å². The van der Waals surface area contributed by atoms with Gasteiger partial charge in [0.25, 0.3) is 0 Å². The van der Waals surface area contributed by atoms with Gasteiger partial charge in [0, 0.05) is 18.4 Å². The summed E-state index contributed by atoms with van der Waals surface area (Å²) in [5.74, 6) is 0.873. The minimum absolute atomic E-state index is 0.349. The number of hydrogen-bond donors (Lipinski definition) is 1. The molecule has 2 atom stereocenters. The van der Waals surface area contributed by atoms with Crippen molar-refractivity contribution in [3.8, 4) is 0 Å². The highest BCUT2D eigenvalue weighted by atomic mass is 16.1. The predicted molar refractivity (Wildman–Crippen MR) is 57.2 cm³/mol. The van der Waals surface area contributed by atoms with Crippen LogP contribution in [-0.4, -0.2) is 18.4 Å². The molecule has 0 aromatic heterocycles. The molecule has 1 heterocycles. The molecule has 0 spiro atoms. The van der Waals surface area contributed by atoms with Crippen LogP contribution in [0.5, 0.6) is 0 Å². The van der Waals surface area contributed by atoms with Crippen molar-refractivity contribution in [1.29, 1.82) is 0 Å². The summed E-state index contributed by atoms with van der Waals surface area (Å²) in [4.78, 5) is 11.8. The van der Waals surface area contributed by atoms with Gasteiger partial charge < -0.3 is 5.32 Å². The second-order valence-electron chi connectivity index (χ2n) is 4.73. The summed E-state index contributed by atoms with van der Waals surface area (Å²) >= 11 is 0. The summed E-state index contributed by atoms with van der Waals surface area (Å²) in [7, 11) is 0. The zero-order valence-electron chi connectivity index (χ0n) is 8.93. The van der Waals surface area contributed by atoms with Gasteiger partial charge >= 0.3 is 0 Å². The smallest absolute Gasteiger partial charge is 0.137 e. The highest BCUT2D eigenvalue weighted by molar-refractivity contribution is 5.82. The van der Waals surface area contributed by atoms with E-state index in [1.165, 1.54) is 32.1 Å². The first-order chi connectivity index (χ1) is 6.88. The lowest BCUT2D eigenvalue weighted by atomic mass is 9.81.